The minimum atomic E-state index is -4.01. The molecule has 2 aliphatic rings. The largest absolute Gasteiger partial charge is 0.496 e. The van der Waals surface area contributed by atoms with Crippen LogP contribution in [0, 0.1) is 0 Å². The third-order valence-corrected chi connectivity index (χ3v) is 8.15. The number of sulfonamides is 1. The van der Waals surface area contributed by atoms with Crippen LogP contribution in [0.4, 0.5) is 0 Å². The minimum absolute atomic E-state index is 0.118. The van der Waals surface area contributed by atoms with E-state index in [4.69, 9.17) is 4.74 Å². The topological polar surface area (TPSA) is 72.5 Å². The molecule has 160 valence electrons. The molecule has 2 aliphatic carbocycles. The molecule has 1 unspecified atom stereocenters. The Hall–Kier alpha value is -2.86. The van der Waals surface area contributed by atoms with E-state index in [0.717, 1.165) is 17.4 Å². The van der Waals surface area contributed by atoms with Crippen molar-refractivity contribution >= 4 is 26.7 Å². The summed E-state index contributed by atoms with van der Waals surface area (Å²) in [6.45, 7) is 0. The van der Waals surface area contributed by atoms with Crippen molar-refractivity contribution in [2.24, 2.45) is 0 Å². The second kappa shape index (κ2) is 7.68. The number of amides is 1. The fraction of sp³-hybridized carbons (Fsp3) is 0.320. The summed E-state index contributed by atoms with van der Waals surface area (Å²) in [5.74, 6) is 0.185. The van der Waals surface area contributed by atoms with Gasteiger partial charge in [-0.3, -0.25) is 4.79 Å². The lowest BCUT2D eigenvalue weighted by molar-refractivity contribution is -0.120. The highest BCUT2D eigenvalue weighted by Crippen LogP contribution is 2.47. The van der Waals surface area contributed by atoms with E-state index in [1.165, 1.54) is 36.5 Å². The molecule has 0 bridgehead atoms. The van der Waals surface area contributed by atoms with Crippen LogP contribution >= 0.6 is 0 Å². The van der Waals surface area contributed by atoms with Gasteiger partial charge in [0.15, 0.2) is 0 Å². The summed E-state index contributed by atoms with van der Waals surface area (Å²) in [7, 11) is -2.41. The van der Waals surface area contributed by atoms with E-state index in [0.29, 0.717) is 23.5 Å². The maximum Gasteiger partial charge on any atom is 0.264 e. The third kappa shape index (κ3) is 3.39. The van der Waals surface area contributed by atoms with E-state index in [1.54, 1.807) is 25.3 Å². The lowest BCUT2D eigenvalue weighted by atomic mass is 9.77. The quantitative estimate of drug-likeness (QED) is 0.633. The van der Waals surface area contributed by atoms with E-state index < -0.39 is 21.8 Å². The van der Waals surface area contributed by atoms with Gasteiger partial charge in [-0.15, -0.1) is 0 Å². The first-order valence-corrected chi connectivity index (χ1v) is 12.2. The third-order valence-electron chi connectivity index (χ3n) is 6.74. The van der Waals surface area contributed by atoms with Crippen LogP contribution in [-0.4, -0.2) is 21.4 Å². The van der Waals surface area contributed by atoms with Crippen molar-refractivity contribution in [3.63, 3.8) is 0 Å². The SMILES string of the molecule is COc1ccc(C2CCC2)c2c1C(C(=O)NS(=O)(=O)c1cccc3ccccc13)CC2. The molecule has 1 saturated carbocycles. The smallest absolute Gasteiger partial charge is 0.264 e. The Labute approximate surface area is 182 Å². The summed E-state index contributed by atoms with van der Waals surface area (Å²) >= 11 is 0. The van der Waals surface area contributed by atoms with Gasteiger partial charge in [0.25, 0.3) is 10.0 Å². The molecule has 31 heavy (non-hydrogen) atoms. The molecule has 5 nitrogen and oxygen atoms in total. The Balaban J connectivity index is 1.49. The first kappa shape index (κ1) is 20.1. The zero-order valence-corrected chi connectivity index (χ0v) is 18.2. The fourth-order valence-corrected chi connectivity index (χ4v) is 6.23. The number of benzene rings is 3. The zero-order chi connectivity index (χ0) is 21.6. The van der Waals surface area contributed by atoms with Crippen LogP contribution in [0.5, 0.6) is 5.75 Å². The lowest BCUT2D eigenvalue weighted by Gasteiger charge is -2.28. The van der Waals surface area contributed by atoms with Gasteiger partial charge in [-0.25, -0.2) is 13.1 Å². The highest BCUT2D eigenvalue weighted by atomic mass is 32.2. The van der Waals surface area contributed by atoms with Crippen molar-refractivity contribution in [3.8, 4) is 5.75 Å². The molecule has 0 saturated heterocycles. The highest BCUT2D eigenvalue weighted by Gasteiger charge is 2.37. The Morgan fingerprint density at radius 3 is 2.52 bits per heavy atom. The van der Waals surface area contributed by atoms with Crippen molar-refractivity contribution in [3.05, 3.63) is 71.3 Å². The van der Waals surface area contributed by atoms with E-state index in [2.05, 4.69) is 10.8 Å². The van der Waals surface area contributed by atoms with Crippen molar-refractivity contribution in [1.82, 2.24) is 4.72 Å². The highest BCUT2D eigenvalue weighted by molar-refractivity contribution is 7.90. The van der Waals surface area contributed by atoms with Gasteiger partial charge in [-0.2, -0.15) is 0 Å². The lowest BCUT2D eigenvalue weighted by Crippen LogP contribution is -2.34. The maximum absolute atomic E-state index is 13.2. The van der Waals surface area contributed by atoms with Crippen LogP contribution in [0.3, 0.4) is 0 Å². The van der Waals surface area contributed by atoms with Crippen molar-refractivity contribution in [2.75, 3.05) is 7.11 Å². The summed E-state index contributed by atoms with van der Waals surface area (Å²) in [6, 6.07) is 16.4. The van der Waals surface area contributed by atoms with Crippen LogP contribution in [-0.2, 0) is 21.2 Å². The first-order chi connectivity index (χ1) is 15.0. The normalized spacial score (nSPS) is 18.4. The van der Waals surface area contributed by atoms with E-state index >= 15 is 0 Å². The molecule has 1 amide bonds. The molecule has 5 rings (SSSR count). The first-order valence-electron chi connectivity index (χ1n) is 10.7. The molecular formula is C25H25NO4S. The summed E-state index contributed by atoms with van der Waals surface area (Å²) in [5.41, 5.74) is 3.33. The van der Waals surface area contributed by atoms with Gasteiger partial charge in [0.2, 0.25) is 5.91 Å². The average molecular weight is 436 g/mol. The van der Waals surface area contributed by atoms with Crippen molar-refractivity contribution in [2.45, 2.75) is 48.8 Å². The van der Waals surface area contributed by atoms with E-state index in [-0.39, 0.29) is 4.90 Å². The molecular weight excluding hydrogens is 410 g/mol. The number of methoxy groups -OCH3 is 1. The second-order valence-electron chi connectivity index (χ2n) is 8.42. The van der Waals surface area contributed by atoms with Gasteiger partial charge >= 0.3 is 0 Å². The van der Waals surface area contributed by atoms with E-state index in [1.807, 2.05) is 24.3 Å². The number of carbonyl (C=O) groups is 1. The van der Waals surface area contributed by atoms with Gasteiger partial charge in [0, 0.05) is 10.9 Å². The Kier molecular flexibility index (Phi) is 4.97. The van der Waals surface area contributed by atoms with Gasteiger partial charge in [0.1, 0.15) is 5.75 Å². The summed E-state index contributed by atoms with van der Waals surface area (Å²) in [4.78, 5) is 13.3. The van der Waals surface area contributed by atoms with Crippen molar-refractivity contribution in [1.29, 1.82) is 0 Å². The van der Waals surface area contributed by atoms with Crippen LogP contribution in [0.15, 0.2) is 59.5 Å². The molecule has 1 atom stereocenters. The summed E-state index contributed by atoms with van der Waals surface area (Å²) in [6.07, 6.45) is 4.94. The zero-order valence-electron chi connectivity index (χ0n) is 17.4. The number of hydrogen-bond acceptors (Lipinski definition) is 4. The summed E-state index contributed by atoms with van der Waals surface area (Å²) in [5, 5.41) is 1.41. The summed E-state index contributed by atoms with van der Waals surface area (Å²) < 4.78 is 34.2. The Morgan fingerprint density at radius 2 is 1.77 bits per heavy atom. The standard InChI is InChI=1S/C25H25NO4S/c1-30-22-15-14-18(16-7-4-8-16)20-12-13-21(24(20)22)25(27)26-31(28,29)23-11-5-9-17-6-2-3-10-19(17)23/h2-3,5-6,9-11,14-16,21H,4,7-8,12-13H2,1H3,(H,26,27). The number of carbonyl (C=O) groups excluding carboxylic acids is 1. The molecule has 0 heterocycles. The second-order valence-corrected chi connectivity index (χ2v) is 10.1. The Morgan fingerprint density at radius 1 is 1.00 bits per heavy atom. The van der Waals surface area contributed by atoms with Crippen LogP contribution < -0.4 is 9.46 Å². The fourth-order valence-electron chi connectivity index (χ4n) is 4.98. The van der Waals surface area contributed by atoms with Gasteiger partial charge in [-0.05, 0) is 60.2 Å². The predicted octanol–water partition coefficient (Wildman–Crippen LogP) is 4.65. The molecule has 0 aromatic heterocycles. The molecule has 0 spiro atoms. The van der Waals surface area contributed by atoms with E-state index in [9.17, 15) is 13.2 Å². The number of rotatable bonds is 5. The maximum atomic E-state index is 13.2. The number of hydrogen-bond donors (Lipinski definition) is 1. The number of ether oxygens (including phenoxy) is 1. The minimum Gasteiger partial charge on any atom is -0.496 e. The molecule has 0 radical (unpaired) electrons. The Bertz CT molecular complexity index is 1270. The molecule has 1 fully saturated rings. The molecule has 1 N–H and O–H groups in total. The van der Waals surface area contributed by atoms with Crippen LogP contribution in [0.2, 0.25) is 0 Å². The average Bonchev–Trinajstić information content (AvgIpc) is 3.18. The van der Waals surface area contributed by atoms with Crippen LogP contribution in [0.1, 0.15) is 54.2 Å². The van der Waals surface area contributed by atoms with Gasteiger partial charge < -0.3 is 4.74 Å². The molecule has 6 heteroatoms. The molecule has 0 aliphatic heterocycles. The number of nitrogens with one attached hydrogen (secondary N) is 1. The van der Waals surface area contributed by atoms with Gasteiger partial charge in [0.05, 0.1) is 17.9 Å². The predicted molar refractivity (Wildman–Crippen MR) is 120 cm³/mol. The van der Waals surface area contributed by atoms with Crippen molar-refractivity contribution < 1.29 is 17.9 Å². The molecule has 3 aromatic carbocycles. The van der Waals surface area contributed by atoms with Crippen LogP contribution in [0.25, 0.3) is 10.8 Å². The molecule has 3 aromatic rings. The van der Waals surface area contributed by atoms with Gasteiger partial charge in [-0.1, -0.05) is 48.9 Å². The number of fused-ring (bicyclic) bond motifs is 2. The monoisotopic (exact) mass is 435 g/mol.